The van der Waals surface area contributed by atoms with Gasteiger partial charge in [-0.15, -0.1) is 11.3 Å². The topological polar surface area (TPSA) is 92.8 Å². The van der Waals surface area contributed by atoms with E-state index in [0.29, 0.717) is 29.0 Å². The van der Waals surface area contributed by atoms with Crippen LogP contribution in [0.5, 0.6) is 5.75 Å². The first-order valence-electron chi connectivity index (χ1n) is 7.81. The lowest BCUT2D eigenvalue weighted by Gasteiger charge is -2.25. The van der Waals surface area contributed by atoms with E-state index >= 15 is 0 Å². The summed E-state index contributed by atoms with van der Waals surface area (Å²) in [5.74, 6) is -0.296. The van der Waals surface area contributed by atoms with E-state index in [1.807, 2.05) is 0 Å². The maximum absolute atomic E-state index is 12.2. The second-order valence-electron chi connectivity index (χ2n) is 5.37. The molecule has 1 aromatic heterocycles. The van der Waals surface area contributed by atoms with Crippen LogP contribution < -0.4 is 20.5 Å². The number of rotatable bonds is 4. The third-order valence-electron chi connectivity index (χ3n) is 3.71. The van der Waals surface area contributed by atoms with E-state index in [1.54, 1.807) is 30.7 Å². The molecule has 2 amide bonds. The molecule has 0 saturated carbocycles. The number of hydrogen-bond acceptors (Lipinski definition) is 7. The first-order chi connectivity index (χ1) is 12.6. The Bertz CT molecular complexity index is 807. The molecule has 0 aliphatic carbocycles. The fourth-order valence-corrected chi connectivity index (χ4v) is 3.73. The van der Waals surface area contributed by atoms with E-state index in [-0.39, 0.29) is 5.69 Å². The second kappa shape index (κ2) is 8.47. The molecule has 2 aromatic rings. The number of ether oxygens (including phenoxy) is 2. The highest BCUT2D eigenvalue weighted by molar-refractivity contribution is 9.10. The number of anilines is 1. The average molecular weight is 441 g/mol. The van der Waals surface area contributed by atoms with E-state index in [1.165, 1.54) is 11.3 Å². The van der Waals surface area contributed by atoms with Crippen LogP contribution in [0.1, 0.15) is 20.8 Å². The summed E-state index contributed by atoms with van der Waals surface area (Å²) in [7, 11) is 1.54. The average Bonchev–Trinajstić information content (AvgIpc) is 3.17. The number of morpholine rings is 1. The number of halogens is 1. The minimum atomic E-state index is -0.471. The van der Waals surface area contributed by atoms with Crippen molar-refractivity contribution in [3.8, 4) is 5.75 Å². The zero-order valence-corrected chi connectivity index (χ0v) is 16.4. The van der Waals surface area contributed by atoms with Gasteiger partial charge in [0.1, 0.15) is 11.4 Å². The number of nitrogens with zero attached hydrogens (tertiary/aromatic N) is 2. The van der Waals surface area contributed by atoms with Gasteiger partial charge in [0.25, 0.3) is 11.8 Å². The molecule has 10 heteroatoms. The van der Waals surface area contributed by atoms with E-state index in [4.69, 9.17) is 9.47 Å². The van der Waals surface area contributed by atoms with Gasteiger partial charge in [-0.05, 0) is 34.1 Å². The molecule has 2 N–H and O–H groups in total. The van der Waals surface area contributed by atoms with Gasteiger partial charge in [-0.3, -0.25) is 20.4 Å². The Labute approximate surface area is 162 Å². The van der Waals surface area contributed by atoms with Crippen LogP contribution in [0.2, 0.25) is 0 Å². The van der Waals surface area contributed by atoms with E-state index in [9.17, 15) is 9.59 Å². The number of hydrogen-bond donors (Lipinski definition) is 2. The fourth-order valence-electron chi connectivity index (χ4n) is 2.33. The van der Waals surface area contributed by atoms with Gasteiger partial charge in [-0.2, -0.15) is 0 Å². The summed E-state index contributed by atoms with van der Waals surface area (Å²) < 4.78 is 11.1. The molecule has 1 fully saturated rings. The largest absolute Gasteiger partial charge is 0.496 e. The van der Waals surface area contributed by atoms with Crippen molar-refractivity contribution in [3.05, 3.63) is 39.3 Å². The zero-order chi connectivity index (χ0) is 18.5. The molecule has 3 rings (SSSR count). The van der Waals surface area contributed by atoms with Gasteiger partial charge < -0.3 is 14.4 Å². The van der Waals surface area contributed by atoms with Crippen molar-refractivity contribution in [3.63, 3.8) is 0 Å². The molecule has 0 spiro atoms. The summed E-state index contributed by atoms with van der Waals surface area (Å²) in [4.78, 5) is 30.7. The van der Waals surface area contributed by atoms with Crippen LogP contribution >= 0.6 is 27.3 Å². The summed E-state index contributed by atoms with van der Waals surface area (Å²) in [5, 5.41) is 2.43. The number of carbonyl (C=O) groups is 2. The molecule has 0 bridgehead atoms. The van der Waals surface area contributed by atoms with Crippen LogP contribution in [0, 0.1) is 0 Å². The Kier molecular flexibility index (Phi) is 6.07. The Morgan fingerprint density at radius 1 is 1.27 bits per heavy atom. The first-order valence-corrected chi connectivity index (χ1v) is 9.48. The van der Waals surface area contributed by atoms with Crippen molar-refractivity contribution in [1.82, 2.24) is 15.8 Å². The third-order valence-corrected chi connectivity index (χ3v) is 5.23. The molecule has 0 unspecified atom stereocenters. The Balaban J connectivity index is 1.57. The molecule has 8 nitrogen and oxygen atoms in total. The summed E-state index contributed by atoms with van der Waals surface area (Å²) in [6.07, 6.45) is 0. The van der Waals surface area contributed by atoms with Crippen molar-refractivity contribution in [2.24, 2.45) is 0 Å². The third kappa shape index (κ3) is 4.32. The van der Waals surface area contributed by atoms with E-state index in [2.05, 4.69) is 36.7 Å². The van der Waals surface area contributed by atoms with Crippen LogP contribution in [0.4, 0.5) is 5.13 Å². The van der Waals surface area contributed by atoms with Crippen LogP contribution in [-0.4, -0.2) is 50.2 Å². The van der Waals surface area contributed by atoms with E-state index in [0.717, 1.165) is 18.2 Å². The molecule has 0 radical (unpaired) electrons. The normalized spacial score (nSPS) is 14.0. The molecule has 1 saturated heterocycles. The van der Waals surface area contributed by atoms with Gasteiger partial charge in [0.15, 0.2) is 5.13 Å². The lowest BCUT2D eigenvalue weighted by molar-refractivity contribution is 0.0844. The SMILES string of the molecule is COc1ccc(C(=O)NNC(=O)c2csc(N3CCOCC3)n2)cc1Br. The summed E-state index contributed by atoms with van der Waals surface area (Å²) in [5.41, 5.74) is 5.40. The number of aromatic nitrogens is 1. The molecule has 0 atom stereocenters. The Morgan fingerprint density at radius 2 is 2.00 bits per heavy atom. The highest BCUT2D eigenvalue weighted by atomic mass is 79.9. The molecule has 138 valence electrons. The highest BCUT2D eigenvalue weighted by Crippen LogP contribution is 2.25. The van der Waals surface area contributed by atoms with Crippen molar-refractivity contribution in [2.75, 3.05) is 38.3 Å². The summed E-state index contributed by atoms with van der Waals surface area (Å²) in [6.45, 7) is 2.79. The molecular weight excluding hydrogens is 424 g/mol. The maximum Gasteiger partial charge on any atom is 0.289 e. The molecule has 1 aliphatic rings. The van der Waals surface area contributed by atoms with Crippen LogP contribution in [0.3, 0.4) is 0 Å². The van der Waals surface area contributed by atoms with Gasteiger partial charge in [-0.1, -0.05) is 0 Å². The smallest absolute Gasteiger partial charge is 0.289 e. The summed E-state index contributed by atoms with van der Waals surface area (Å²) >= 11 is 4.71. The Hall–Kier alpha value is -2.17. The number of nitrogens with one attached hydrogen (secondary N) is 2. The molecule has 1 aromatic carbocycles. The van der Waals surface area contributed by atoms with Gasteiger partial charge in [0, 0.05) is 24.0 Å². The number of hydrazine groups is 1. The fraction of sp³-hybridized carbons (Fsp3) is 0.312. The van der Waals surface area contributed by atoms with Crippen LogP contribution in [-0.2, 0) is 4.74 Å². The monoisotopic (exact) mass is 440 g/mol. The van der Waals surface area contributed by atoms with Gasteiger partial charge >= 0.3 is 0 Å². The van der Waals surface area contributed by atoms with Crippen molar-refractivity contribution < 1.29 is 19.1 Å². The van der Waals surface area contributed by atoms with Crippen molar-refractivity contribution in [1.29, 1.82) is 0 Å². The predicted molar refractivity (Wildman–Crippen MR) is 101 cm³/mol. The number of methoxy groups -OCH3 is 1. The van der Waals surface area contributed by atoms with Gasteiger partial charge in [0.05, 0.1) is 24.8 Å². The van der Waals surface area contributed by atoms with Crippen molar-refractivity contribution in [2.45, 2.75) is 0 Å². The maximum atomic E-state index is 12.2. The minimum absolute atomic E-state index is 0.257. The number of carbonyl (C=O) groups excluding carboxylic acids is 2. The number of thiazole rings is 1. The van der Waals surface area contributed by atoms with Crippen LogP contribution in [0.15, 0.2) is 28.1 Å². The predicted octanol–water partition coefficient (Wildman–Crippen LogP) is 1.83. The lowest BCUT2D eigenvalue weighted by atomic mass is 10.2. The minimum Gasteiger partial charge on any atom is -0.496 e. The standard InChI is InChI=1S/C16H17BrN4O4S/c1-24-13-3-2-10(8-11(13)17)14(22)19-20-15(23)12-9-26-16(18-12)21-4-6-25-7-5-21/h2-3,8-9H,4-7H2,1H3,(H,19,22)(H,20,23). The molecule has 1 aliphatic heterocycles. The highest BCUT2D eigenvalue weighted by Gasteiger charge is 2.18. The van der Waals surface area contributed by atoms with Crippen LogP contribution in [0.25, 0.3) is 0 Å². The zero-order valence-electron chi connectivity index (χ0n) is 14.0. The number of amides is 2. The summed E-state index contributed by atoms with van der Waals surface area (Å²) in [6, 6.07) is 4.88. The molecular formula is C16H17BrN4O4S. The van der Waals surface area contributed by atoms with Crippen molar-refractivity contribution >= 4 is 44.2 Å². The molecule has 26 heavy (non-hydrogen) atoms. The lowest BCUT2D eigenvalue weighted by Crippen LogP contribution is -2.42. The van der Waals surface area contributed by atoms with E-state index < -0.39 is 11.8 Å². The van der Waals surface area contributed by atoms with Gasteiger partial charge in [0.2, 0.25) is 0 Å². The van der Waals surface area contributed by atoms with Gasteiger partial charge in [-0.25, -0.2) is 4.98 Å². The first kappa shape index (κ1) is 18.6. The Morgan fingerprint density at radius 3 is 2.69 bits per heavy atom. The molecule has 2 heterocycles. The quantitative estimate of drug-likeness (QED) is 0.704. The number of benzene rings is 1. The second-order valence-corrected chi connectivity index (χ2v) is 7.06.